The predicted molar refractivity (Wildman–Crippen MR) is 112 cm³/mol. The molecule has 1 heterocycles. The number of benzene rings is 2. The van der Waals surface area contributed by atoms with E-state index in [1.54, 1.807) is 24.3 Å². The third kappa shape index (κ3) is 5.57. The Kier molecular flexibility index (Phi) is 7.06. The maximum atomic E-state index is 12.5. The van der Waals surface area contributed by atoms with Crippen LogP contribution in [0.15, 0.2) is 54.6 Å². The highest BCUT2D eigenvalue weighted by Gasteiger charge is 2.29. The number of rotatable bonds is 6. The number of hydrogen-bond donors (Lipinski definition) is 2. The Hall–Kier alpha value is -2.37. The number of hydrogen-bond acceptors (Lipinski definition) is 3. The highest BCUT2D eigenvalue weighted by atomic mass is 35.5. The van der Waals surface area contributed by atoms with Gasteiger partial charge in [-0.25, -0.2) is 0 Å². The zero-order chi connectivity index (χ0) is 19.9. The first kappa shape index (κ1) is 20.4. The van der Waals surface area contributed by atoms with Crippen molar-refractivity contribution in [2.24, 2.45) is 5.92 Å². The topological polar surface area (TPSA) is 61.4 Å². The van der Waals surface area contributed by atoms with Crippen LogP contribution in [-0.4, -0.2) is 35.8 Å². The van der Waals surface area contributed by atoms with Gasteiger partial charge < -0.3 is 10.6 Å². The number of anilines is 1. The van der Waals surface area contributed by atoms with Gasteiger partial charge in [0.2, 0.25) is 11.8 Å². The van der Waals surface area contributed by atoms with E-state index in [1.807, 2.05) is 37.3 Å². The minimum atomic E-state index is -0.246. The van der Waals surface area contributed by atoms with Crippen molar-refractivity contribution in [3.05, 3.63) is 65.2 Å². The van der Waals surface area contributed by atoms with Gasteiger partial charge in [-0.05, 0) is 62.7 Å². The Bertz CT molecular complexity index is 787. The van der Waals surface area contributed by atoms with Crippen molar-refractivity contribution in [2.45, 2.75) is 32.4 Å². The number of nitrogens with one attached hydrogen (secondary N) is 2. The number of halogens is 1. The monoisotopic (exact) mass is 399 g/mol. The average molecular weight is 400 g/mol. The van der Waals surface area contributed by atoms with Crippen LogP contribution >= 0.6 is 11.6 Å². The standard InChI is InChI=1S/C22H26ClN3O2/c1-16(21(27)25-20-9-7-19(23)8-10-20)26-13-11-18(12-14-26)22(28)24-15-17-5-3-2-4-6-17/h2-10,16,18H,11-15H2,1H3,(H,24,28)(H,25,27). The smallest absolute Gasteiger partial charge is 0.241 e. The van der Waals surface area contributed by atoms with E-state index in [1.165, 1.54) is 0 Å². The SMILES string of the molecule is CC(C(=O)Nc1ccc(Cl)cc1)N1CCC(C(=O)NCc2ccccc2)CC1. The van der Waals surface area contributed by atoms with Crippen molar-refractivity contribution < 1.29 is 9.59 Å². The Morgan fingerprint density at radius 2 is 1.71 bits per heavy atom. The fraction of sp³-hybridized carbons (Fsp3) is 0.364. The Morgan fingerprint density at radius 3 is 2.36 bits per heavy atom. The summed E-state index contributed by atoms with van der Waals surface area (Å²) >= 11 is 5.88. The van der Waals surface area contributed by atoms with Crippen LogP contribution < -0.4 is 10.6 Å². The molecule has 1 unspecified atom stereocenters. The van der Waals surface area contributed by atoms with Gasteiger partial charge in [-0.2, -0.15) is 0 Å². The largest absolute Gasteiger partial charge is 0.352 e. The van der Waals surface area contributed by atoms with Crippen molar-refractivity contribution in [3.8, 4) is 0 Å². The summed E-state index contributed by atoms with van der Waals surface area (Å²) in [6.07, 6.45) is 1.53. The number of piperidine rings is 1. The summed E-state index contributed by atoms with van der Waals surface area (Å²) in [5.41, 5.74) is 1.83. The van der Waals surface area contributed by atoms with E-state index in [0.717, 1.165) is 37.2 Å². The molecule has 148 valence electrons. The summed E-state index contributed by atoms with van der Waals surface area (Å²) in [6, 6.07) is 16.7. The van der Waals surface area contributed by atoms with Crippen LogP contribution in [-0.2, 0) is 16.1 Å². The molecule has 0 aliphatic carbocycles. The lowest BCUT2D eigenvalue weighted by Gasteiger charge is -2.34. The van der Waals surface area contributed by atoms with Crippen molar-refractivity contribution in [1.29, 1.82) is 0 Å². The van der Waals surface area contributed by atoms with E-state index in [4.69, 9.17) is 11.6 Å². The molecule has 0 aromatic heterocycles. The minimum absolute atomic E-state index is 0.00601. The quantitative estimate of drug-likeness (QED) is 0.778. The summed E-state index contributed by atoms with van der Waals surface area (Å²) in [5.74, 6) is 0.0579. The molecule has 2 N–H and O–H groups in total. The van der Waals surface area contributed by atoms with Gasteiger partial charge >= 0.3 is 0 Å². The molecule has 1 fully saturated rings. The highest BCUT2D eigenvalue weighted by Crippen LogP contribution is 2.20. The van der Waals surface area contributed by atoms with Crippen LogP contribution in [0.5, 0.6) is 0 Å². The fourth-order valence-electron chi connectivity index (χ4n) is 3.42. The van der Waals surface area contributed by atoms with Gasteiger partial charge in [0.05, 0.1) is 6.04 Å². The molecular formula is C22H26ClN3O2. The van der Waals surface area contributed by atoms with Gasteiger partial charge in [0, 0.05) is 23.2 Å². The number of likely N-dealkylation sites (tertiary alicyclic amines) is 1. The van der Waals surface area contributed by atoms with E-state index in [9.17, 15) is 9.59 Å². The zero-order valence-electron chi connectivity index (χ0n) is 16.0. The van der Waals surface area contributed by atoms with Gasteiger partial charge in [-0.1, -0.05) is 41.9 Å². The number of carbonyl (C=O) groups excluding carboxylic acids is 2. The van der Waals surface area contributed by atoms with Gasteiger partial charge in [-0.15, -0.1) is 0 Å². The van der Waals surface area contributed by atoms with Gasteiger partial charge in [-0.3, -0.25) is 14.5 Å². The molecule has 6 heteroatoms. The summed E-state index contributed by atoms with van der Waals surface area (Å²) in [7, 11) is 0. The normalized spacial score (nSPS) is 16.4. The second kappa shape index (κ2) is 9.71. The summed E-state index contributed by atoms with van der Waals surface area (Å²) in [6.45, 7) is 3.93. The lowest BCUT2D eigenvalue weighted by molar-refractivity contribution is -0.127. The maximum absolute atomic E-state index is 12.5. The summed E-state index contributed by atoms with van der Waals surface area (Å²) in [5, 5.41) is 6.58. The molecule has 0 saturated carbocycles. The van der Waals surface area contributed by atoms with Crippen LogP contribution in [0.1, 0.15) is 25.3 Å². The third-order valence-electron chi connectivity index (χ3n) is 5.25. The van der Waals surface area contributed by atoms with Crippen molar-refractivity contribution in [2.75, 3.05) is 18.4 Å². The number of carbonyl (C=O) groups is 2. The van der Waals surface area contributed by atoms with Crippen LogP contribution in [0.3, 0.4) is 0 Å². The molecule has 1 aliphatic heterocycles. The van der Waals surface area contributed by atoms with Gasteiger partial charge in [0.25, 0.3) is 0 Å². The van der Waals surface area contributed by atoms with Crippen LogP contribution in [0.25, 0.3) is 0 Å². The lowest BCUT2D eigenvalue weighted by Crippen LogP contribution is -2.48. The predicted octanol–water partition coefficient (Wildman–Crippen LogP) is 3.70. The van der Waals surface area contributed by atoms with Crippen molar-refractivity contribution in [3.63, 3.8) is 0 Å². The first-order chi connectivity index (χ1) is 13.5. The molecule has 1 atom stereocenters. The van der Waals surface area contributed by atoms with E-state index in [2.05, 4.69) is 15.5 Å². The fourth-order valence-corrected chi connectivity index (χ4v) is 3.55. The summed E-state index contributed by atoms with van der Waals surface area (Å²) in [4.78, 5) is 27.1. The molecular weight excluding hydrogens is 374 g/mol. The van der Waals surface area contributed by atoms with E-state index >= 15 is 0 Å². The Morgan fingerprint density at radius 1 is 1.07 bits per heavy atom. The van der Waals surface area contributed by atoms with E-state index in [0.29, 0.717) is 11.6 Å². The molecule has 1 saturated heterocycles. The third-order valence-corrected chi connectivity index (χ3v) is 5.50. The lowest BCUT2D eigenvalue weighted by atomic mass is 9.94. The van der Waals surface area contributed by atoms with Gasteiger partial charge in [0.1, 0.15) is 0 Å². The van der Waals surface area contributed by atoms with E-state index < -0.39 is 0 Å². The average Bonchev–Trinajstić information content (AvgIpc) is 2.74. The molecule has 0 spiro atoms. The second-order valence-electron chi connectivity index (χ2n) is 7.19. The first-order valence-corrected chi connectivity index (χ1v) is 10.0. The van der Waals surface area contributed by atoms with Crippen molar-refractivity contribution in [1.82, 2.24) is 10.2 Å². The molecule has 3 rings (SSSR count). The Balaban J connectivity index is 1.44. The molecule has 1 aliphatic rings. The van der Waals surface area contributed by atoms with Crippen LogP contribution in [0.4, 0.5) is 5.69 Å². The minimum Gasteiger partial charge on any atom is -0.352 e. The van der Waals surface area contributed by atoms with Crippen molar-refractivity contribution >= 4 is 29.1 Å². The molecule has 2 aromatic rings. The maximum Gasteiger partial charge on any atom is 0.241 e. The molecule has 2 aromatic carbocycles. The number of amides is 2. The first-order valence-electron chi connectivity index (χ1n) is 9.65. The van der Waals surface area contributed by atoms with Gasteiger partial charge in [0.15, 0.2) is 0 Å². The molecule has 5 nitrogen and oxygen atoms in total. The zero-order valence-corrected chi connectivity index (χ0v) is 16.8. The molecule has 0 radical (unpaired) electrons. The molecule has 2 amide bonds. The molecule has 0 bridgehead atoms. The summed E-state index contributed by atoms with van der Waals surface area (Å²) < 4.78 is 0. The second-order valence-corrected chi connectivity index (χ2v) is 7.62. The molecule has 28 heavy (non-hydrogen) atoms. The Labute approximate surface area is 171 Å². The van der Waals surface area contributed by atoms with Crippen LogP contribution in [0.2, 0.25) is 5.02 Å². The van der Waals surface area contributed by atoms with E-state index in [-0.39, 0.29) is 23.8 Å². The van der Waals surface area contributed by atoms with Crippen LogP contribution in [0, 0.1) is 5.92 Å². The number of nitrogens with zero attached hydrogens (tertiary/aromatic N) is 1. The highest BCUT2D eigenvalue weighted by molar-refractivity contribution is 6.30.